The average molecular weight is 352 g/mol. The predicted molar refractivity (Wildman–Crippen MR) is 99.5 cm³/mol. The topological polar surface area (TPSA) is 65.5 Å². The summed E-state index contributed by atoms with van der Waals surface area (Å²) in [7, 11) is 0. The van der Waals surface area contributed by atoms with Crippen molar-refractivity contribution in [3.63, 3.8) is 0 Å². The van der Waals surface area contributed by atoms with Crippen LogP contribution in [0.1, 0.15) is 31.4 Å². The van der Waals surface area contributed by atoms with Gasteiger partial charge >= 0.3 is 6.03 Å². The molecule has 4 rings (SSSR count). The van der Waals surface area contributed by atoms with Crippen LogP contribution in [-0.4, -0.2) is 52.4 Å². The molecule has 2 aromatic rings. The van der Waals surface area contributed by atoms with Crippen molar-refractivity contribution in [1.82, 2.24) is 20.1 Å². The van der Waals surface area contributed by atoms with E-state index >= 15 is 0 Å². The summed E-state index contributed by atoms with van der Waals surface area (Å²) in [6.07, 6.45) is 3.52. The van der Waals surface area contributed by atoms with Crippen molar-refractivity contribution in [2.75, 3.05) is 19.6 Å². The molecular weight excluding hydrogens is 328 g/mol. The minimum Gasteiger partial charge on any atom is -0.312 e. The minimum absolute atomic E-state index is 0.000762. The quantitative estimate of drug-likeness (QED) is 0.614. The highest BCUT2D eigenvalue weighted by Crippen LogP contribution is 2.27. The number of unbranched alkanes of at least 4 members (excludes halogenated alkanes) is 1. The fourth-order valence-electron chi connectivity index (χ4n) is 3.83. The zero-order valence-electron chi connectivity index (χ0n) is 14.9. The Morgan fingerprint density at radius 2 is 2.00 bits per heavy atom. The molecule has 0 bridgehead atoms. The Balaban J connectivity index is 1.18. The van der Waals surface area contributed by atoms with Crippen molar-refractivity contribution in [2.45, 2.75) is 38.3 Å². The van der Waals surface area contributed by atoms with Crippen LogP contribution in [0.25, 0.3) is 10.9 Å². The minimum atomic E-state index is -0.181. The summed E-state index contributed by atoms with van der Waals surface area (Å²) in [4.78, 5) is 32.3. The van der Waals surface area contributed by atoms with Crippen molar-refractivity contribution in [1.29, 1.82) is 0 Å². The maximum Gasteiger partial charge on any atom is 0.327 e. The number of amides is 3. The summed E-state index contributed by atoms with van der Waals surface area (Å²) in [5.74, 6) is 0.000762. The van der Waals surface area contributed by atoms with Crippen LogP contribution in [0.3, 0.4) is 0 Å². The number of carbonyl (C=O) groups excluding carboxylic acids is 2. The first-order valence-electron chi connectivity index (χ1n) is 9.41. The van der Waals surface area contributed by atoms with Crippen molar-refractivity contribution in [3.8, 4) is 0 Å². The molecule has 2 saturated heterocycles. The fraction of sp³-hybridized carbons (Fsp3) is 0.450. The lowest BCUT2D eigenvalue weighted by atomic mass is 10.2. The molecule has 1 atom stereocenters. The highest BCUT2D eigenvalue weighted by molar-refractivity contribution is 6.04. The molecule has 3 amide bonds. The van der Waals surface area contributed by atoms with Crippen LogP contribution in [0.2, 0.25) is 0 Å². The molecule has 0 saturated carbocycles. The summed E-state index contributed by atoms with van der Waals surface area (Å²) in [5, 5.41) is 4.54. The number of benzene rings is 1. The lowest BCUT2D eigenvalue weighted by Crippen LogP contribution is -2.34. The molecule has 136 valence electrons. The van der Waals surface area contributed by atoms with Crippen LogP contribution < -0.4 is 5.32 Å². The number of urea groups is 1. The van der Waals surface area contributed by atoms with Gasteiger partial charge in [-0.2, -0.15) is 0 Å². The maximum atomic E-state index is 12.2. The third kappa shape index (κ3) is 3.29. The van der Waals surface area contributed by atoms with E-state index in [9.17, 15) is 9.59 Å². The highest BCUT2D eigenvalue weighted by atomic mass is 16.2. The molecule has 3 heterocycles. The van der Waals surface area contributed by atoms with Gasteiger partial charge in [0.25, 0.3) is 5.91 Å². The van der Waals surface area contributed by atoms with Gasteiger partial charge in [0.15, 0.2) is 0 Å². The van der Waals surface area contributed by atoms with Gasteiger partial charge in [0.2, 0.25) is 0 Å². The zero-order valence-corrected chi connectivity index (χ0v) is 14.9. The fourth-order valence-corrected chi connectivity index (χ4v) is 3.83. The number of carbonyl (C=O) groups is 2. The number of hydrogen-bond acceptors (Lipinski definition) is 4. The van der Waals surface area contributed by atoms with Crippen molar-refractivity contribution < 1.29 is 9.59 Å². The summed E-state index contributed by atoms with van der Waals surface area (Å²) in [6, 6.07) is 12.0. The number of rotatable bonds is 7. The molecule has 1 unspecified atom stereocenters. The van der Waals surface area contributed by atoms with Crippen LogP contribution in [0.15, 0.2) is 36.4 Å². The monoisotopic (exact) mass is 352 g/mol. The average Bonchev–Trinajstić information content (AvgIpc) is 3.23. The second-order valence-electron chi connectivity index (χ2n) is 7.00. The number of nitrogens with zero attached hydrogens (tertiary/aromatic N) is 3. The Morgan fingerprint density at radius 1 is 1.12 bits per heavy atom. The van der Waals surface area contributed by atoms with Gasteiger partial charge in [0.1, 0.15) is 6.04 Å². The molecule has 2 aliphatic rings. The molecule has 2 fully saturated rings. The Morgan fingerprint density at radius 3 is 2.88 bits per heavy atom. The van der Waals surface area contributed by atoms with E-state index in [1.807, 2.05) is 24.3 Å². The molecule has 0 spiro atoms. The number of para-hydroxylation sites is 1. The third-order valence-corrected chi connectivity index (χ3v) is 5.23. The predicted octanol–water partition coefficient (Wildman–Crippen LogP) is 2.53. The van der Waals surface area contributed by atoms with Crippen molar-refractivity contribution in [3.05, 3.63) is 42.1 Å². The molecule has 0 aliphatic carbocycles. The van der Waals surface area contributed by atoms with Gasteiger partial charge < -0.3 is 10.2 Å². The third-order valence-electron chi connectivity index (χ3n) is 5.23. The van der Waals surface area contributed by atoms with Crippen molar-refractivity contribution in [2.24, 2.45) is 0 Å². The van der Waals surface area contributed by atoms with Crippen molar-refractivity contribution >= 4 is 22.8 Å². The molecule has 1 aromatic heterocycles. The first-order chi connectivity index (χ1) is 12.7. The first kappa shape index (κ1) is 17.0. The number of hydrogen-bond donors (Lipinski definition) is 1. The standard InChI is InChI=1S/C20H24N4O2/c25-19-18-8-5-13-23(18)20(26)24(19)12-4-3-11-21-14-16-10-9-15-6-1-2-7-17(15)22-16/h1-2,6-7,9-10,18,21H,3-5,8,11-14H2. The molecule has 0 radical (unpaired) electrons. The van der Waals surface area contributed by atoms with Crippen LogP contribution in [0.4, 0.5) is 4.79 Å². The summed E-state index contributed by atoms with van der Waals surface area (Å²) < 4.78 is 0. The van der Waals surface area contributed by atoms with Gasteiger partial charge in [0, 0.05) is 25.0 Å². The largest absolute Gasteiger partial charge is 0.327 e. The normalized spacial score (nSPS) is 19.6. The van der Waals surface area contributed by atoms with E-state index in [4.69, 9.17) is 0 Å². The Bertz CT molecular complexity index is 800. The zero-order chi connectivity index (χ0) is 17.9. The Kier molecular flexibility index (Phi) is 4.84. The SMILES string of the molecule is O=C1C2CCCN2C(=O)N1CCCCNCc1ccc2ccccc2n1. The smallest absolute Gasteiger partial charge is 0.312 e. The molecule has 1 aromatic carbocycles. The molecule has 2 aliphatic heterocycles. The lowest BCUT2D eigenvalue weighted by Gasteiger charge is -2.15. The Labute approximate surface area is 153 Å². The van der Waals surface area contributed by atoms with Crippen LogP contribution in [-0.2, 0) is 11.3 Å². The number of pyridine rings is 1. The van der Waals surface area contributed by atoms with Gasteiger partial charge in [-0.1, -0.05) is 24.3 Å². The highest BCUT2D eigenvalue weighted by Gasteiger charge is 2.46. The number of aromatic nitrogens is 1. The summed E-state index contributed by atoms with van der Waals surface area (Å²) >= 11 is 0. The second kappa shape index (κ2) is 7.41. The van der Waals surface area contributed by atoms with E-state index in [0.717, 1.165) is 61.9 Å². The number of fused-ring (bicyclic) bond motifs is 2. The van der Waals surface area contributed by atoms with Crippen LogP contribution in [0.5, 0.6) is 0 Å². The first-order valence-corrected chi connectivity index (χ1v) is 9.41. The van der Waals surface area contributed by atoms with Gasteiger partial charge in [-0.05, 0) is 44.4 Å². The van der Waals surface area contributed by atoms with E-state index in [0.29, 0.717) is 6.54 Å². The molecule has 1 N–H and O–H groups in total. The van der Waals surface area contributed by atoms with Gasteiger partial charge in [0.05, 0.1) is 11.2 Å². The van der Waals surface area contributed by atoms with E-state index in [2.05, 4.69) is 22.4 Å². The van der Waals surface area contributed by atoms with E-state index < -0.39 is 0 Å². The van der Waals surface area contributed by atoms with E-state index in [1.54, 1.807) is 4.90 Å². The van der Waals surface area contributed by atoms with Gasteiger partial charge in [-0.3, -0.25) is 14.7 Å². The van der Waals surface area contributed by atoms with E-state index in [1.165, 1.54) is 4.90 Å². The summed E-state index contributed by atoms with van der Waals surface area (Å²) in [5.41, 5.74) is 2.03. The summed E-state index contributed by atoms with van der Waals surface area (Å²) in [6.45, 7) is 2.83. The second-order valence-corrected chi connectivity index (χ2v) is 7.00. The molecular formula is C20H24N4O2. The Hall–Kier alpha value is -2.47. The maximum absolute atomic E-state index is 12.2. The van der Waals surface area contributed by atoms with E-state index in [-0.39, 0.29) is 18.0 Å². The lowest BCUT2D eigenvalue weighted by molar-refractivity contribution is -0.128. The van der Waals surface area contributed by atoms with Gasteiger partial charge in [-0.25, -0.2) is 4.79 Å². The molecule has 6 heteroatoms. The number of imide groups is 1. The van der Waals surface area contributed by atoms with Crippen LogP contribution in [0, 0.1) is 0 Å². The molecule has 6 nitrogen and oxygen atoms in total. The van der Waals surface area contributed by atoms with Crippen LogP contribution >= 0.6 is 0 Å². The van der Waals surface area contributed by atoms with Gasteiger partial charge in [-0.15, -0.1) is 0 Å². The number of nitrogens with one attached hydrogen (secondary N) is 1. The molecule has 26 heavy (non-hydrogen) atoms.